The Hall–Kier alpha value is -1.02. The van der Waals surface area contributed by atoms with Crippen LogP contribution < -0.4 is 10.5 Å². The van der Waals surface area contributed by atoms with Crippen LogP contribution in [0.1, 0.15) is 44.7 Å². The summed E-state index contributed by atoms with van der Waals surface area (Å²) in [4.78, 5) is 0. The van der Waals surface area contributed by atoms with Crippen LogP contribution in [-0.2, 0) is 0 Å². The molecular weight excluding hydrogens is 222 g/mol. The first-order valence-electron chi connectivity index (χ1n) is 7.16. The van der Waals surface area contributed by atoms with E-state index < -0.39 is 0 Å². The molecule has 0 aromatic heterocycles. The zero-order valence-corrected chi connectivity index (χ0v) is 11.3. The monoisotopic (exact) mass is 245 g/mol. The lowest BCUT2D eigenvalue weighted by molar-refractivity contribution is 0.236. The fourth-order valence-electron chi connectivity index (χ4n) is 3.43. The third kappa shape index (κ3) is 2.26. The van der Waals surface area contributed by atoms with Gasteiger partial charge in [0.2, 0.25) is 0 Å². The molecule has 1 aromatic rings. The molecule has 0 radical (unpaired) electrons. The average Bonchev–Trinajstić information content (AvgIpc) is 2.95. The van der Waals surface area contributed by atoms with Gasteiger partial charge in [-0.1, -0.05) is 18.2 Å². The van der Waals surface area contributed by atoms with Crippen LogP contribution in [-0.4, -0.2) is 6.10 Å². The van der Waals surface area contributed by atoms with Gasteiger partial charge in [0.25, 0.3) is 0 Å². The molecule has 0 aliphatic heterocycles. The first-order chi connectivity index (χ1) is 8.65. The SMILES string of the molecule is CC(C)Oc1ccccc1C(N)C1CC2CC2C1. The van der Waals surface area contributed by atoms with Gasteiger partial charge in [0.05, 0.1) is 6.10 Å². The topological polar surface area (TPSA) is 35.2 Å². The molecule has 2 nitrogen and oxygen atoms in total. The molecule has 98 valence electrons. The van der Waals surface area contributed by atoms with Crippen LogP contribution in [0.3, 0.4) is 0 Å². The van der Waals surface area contributed by atoms with Gasteiger partial charge >= 0.3 is 0 Å². The summed E-state index contributed by atoms with van der Waals surface area (Å²) in [5.74, 6) is 3.60. The number of hydrogen-bond donors (Lipinski definition) is 1. The van der Waals surface area contributed by atoms with E-state index in [1.54, 1.807) is 0 Å². The number of ether oxygens (including phenoxy) is 1. The van der Waals surface area contributed by atoms with Crippen molar-refractivity contribution in [2.24, 2.45) is 23.5 Å². The van der Waals surface area contributed by atoms with Crippen molar-refractivity contribution in [2.45, 2.75) is 45.3 Å². The highest BCUT2D eigenvalue weighted by Gasteiger charge is 2.47. The van der Waals surface area contributed by atoms with Gasteiger partial charge in [-0.25, -0.2) is 0 Å². The van der Waals surface area contributed by atoms with E-state index in [9.17, 15) is 0 Å². The molecule has 3 atom stereocenters. The lowest BCUT2D eigenvalue weighted by Crippen LogP contribution is -2.22. The predicted octanol–water partition coefficient (Wildman–Crippen LogP) is 3.52. The Kier molecular flexibility index (Phi) is 3.06. The summed E-state index contributed by atoms with van der Waals surface area (Å²) in [6.07, 6.45) is 4.30. The Labute approximate surface area is 110 Å². The van der Waals surface area contributed by atoms with Gasteiger partial charge in [0.15, 0.2) is 0 Å². The maximum absolute atomic E-state index is 6.48. The van der Waals surface area contributed by atoms with Crippen molar-refractivity contribution in [3.63, 3.8) is 0 Å². The van der Waals surface area contributed by atoms with Gasteiger partial charge in [-0.05, 0) is 56.9 Å². The van der Waals surface area contributed by atoms with E-state index in [1.165, 1.54) is 24.8 Å². The summed E-state index contributed by atoms with van der Waals surface area (Å²) >= 11 is 0. The van der Waals surface area contributed by atoms with E-state index in [1.807, 2.05) is 12.1 Å². The van der Waals surface area contributed by atoms with Gasteiger partial charge in [0, 0.05) is 11.6 Å². The molecule has 2 heteroatoms. The van der Waals surface area contributed by atoms with Crippen molar-refractivity contribution >= 4 is 0 Å². The minimum atomic E-state index is 0.146. The second-order valence-corrected chi connectivity index (χ2v) is 6.22. The molecule has 2 N–H and O–H groups in total. The zero-order valence-electron chi connectivity index (χ0n) is 11.3. The molecule has 3 rings (SSSR count). The standard InChI is InChI=1S/C16H23NO/c1-10(2)18-15-6-4-3-5-14(15)16(17)13-8-11-7-12(11)9-13/h3-6,10-13,16H,7-9,17H2,1-2H3. The summed E-state index contributed by atoms with van der Waals surface area (Å²) in [7, 11) is 0. The van der Waals surface area contributed by atoms with Crippen molar-refractivity contribution in [3.8, 4) is 5.75 Å². The maximum Gasteiger partial charge on any atom is 0.124 e. The van der Waals surface area contributed by atoms with E-state index >= 15 is 0 Å². The molecule has 2 aliphatic rings. The van der Waals surface area contributed by atoms with E-state index in [2.05, 4.69) is 26.0 Å². The number of para-hydroxylation sites is 1. The normalized spacial score (nSPS) is 31.2. The van der Waals surface area contributed by atoms with Crippen molar-refractivity contribution in [1.82, 2.24) is 0 Å². The Morgan fingerprint density at radius 3 is 2.44 bits per heavy atom. The van der Waals surface area contributed by atoms with E-state index in [-0.39, 0.29) is 12.1 Å². The predicted molar refractivity (Wildman–Crippen MR) is 73.5 cm³/mol. The van der Waals surface area contributed by atoms with E-state index in [0.29, 0.717) is 5.92 Å². The highest BCUT2D eigenvalue weighted by Crippen LogP contribution is 2.57. The Balaban J connectivity index is 1.77. The largest absolute Gasteiger partial charge is 0.491 e. The average molecular weight is 245 g/mol. The van der Waals surface area contributed by atoms with Crippen LogP contribution in [0.5, 0.6) is 5.75 Å². The highest BCUT2D eigenvalue weighted by atomic mass is 16.5. The molecule has 0 heterocycles. The molecule has 2 fully saturated rings. The van der Waals surface area contributed by atoms with Crippen LogP contribution in [0.4, 0.5) is 0 Å². The fraction of sp³-hybridized carbons (Fsp3) is 0.625. The minimum Gasteiger partial charge on any atom is -0.491 e. The number of fused-ring (bicyclic) bond motifs is 1. The summed E-state index contributed by atoms with van der Waals surface area (Å²) in [6, 6.07) is 8.42. The third-order valence-corrected chi connectivity index (χ3v) is 4.43. The Morgan fingerprint density at radius 2 is 1.78 bits per heavy atom. The van der Waals surface area contributed by atoms with Gasteiger partial charge in [-0.3, -0.25) is 0 Å². The molecule has 1 aromatic carbocycles. The van der Waals surface area contributed by atoms with Crippen LogP contribution >= 0.6 is 0 Å². The lowest BCUT2D eigenvalue weighted by Gasteiger charge is -2.24. The Morgan fingerprint density at radius 1 is 1.11 bits per heavy atom. The second kappa shape index (κ2) is 4.58. The van der Waals surface area contributed by atoms with Crippen LogP contribution in [0.25, 0.3) is 0 Å². The molecule has 3 unspecified atom stereocenters. The van der Waals surface area contributed by atoms with Crippen molar-refractivity contribution < 1.29 is 4.74 Å². The molecule has 18 heavy (non-hydrogen) atoms. The second-order valence-electron chi connectivity index (χ2n) is 6.22. The smallest absolute Gasteiger partial charge is 0.124 e. The van der Waals surface area contributed by atoms with Crippen LogP contribution in [0, 0.1) is 17.8 Å². The van der Waals surface area contributed by atoms with Gasteiger partial charge in [0.1, 0.15) is 5.75 Å². The summed E-state index contributed by atoms with van der Waals surface area (Å²) in [5, 5.41) is 0. The Bertz CT molecular complexity index is 419. The third-order valence-electron chi connectivity index (χ3n) is 4.43. The summed E-state index contributed by atoms with van der Waals surface area (Å²) in [6.45, 7) is 4.13. The molecule has 2 aliphatic carbocycles. The highest BCUT2D eigenvalue weighted by molar-refractivity contribution is 5.36. The van der Waals surface area contributed by atoms with E-state index in [4.69, 9.17) is 10.5 Å². The maximum atomic E-state index is 6.48. The van der Waals surface area contributed by atoms with Crippen LogP contribution in [0.15, 0.2) is 24.3 Å². The molecule has 0 saturated heterocycles. The molecule has 2 saturated carbocycles. The van der Waals surface area contributed by atoms with Crippen molar-refractivity contribution in [1.29, 1.82) is 0 Å². The number of nitrogens with two attached hydrogens (primary N) is 1. The minimum absolute atomic E-state index is 0.146. The van der Waals surface area contributed by atoms with Gasteiger partial charge in [-0.15, -0.1) is 0 Å². The lowest BCUT2D eigenvalue weighted by atomic mass is 9.89. The summed E-state index contributed by atoms with van der Waals surface area (Å²) < 4.78 is 5.88. The van der Waals surface area contributed by atoms with Crippen molar-refractivity contribution in [3.05, 3.63) is 29.8 Å². The quantitative estimate of drug-likeness (QED) is 0.881. The molecule has 0 amide bonds. The first kappa shape index (κ1) is 12.0. The zero-order chi connectivity index (χ0) is 12.7. The number of hydrogen-bond acceptors (Lipinski definition) is 2. The number of benzene rings is 1. The van der Waals surface area contributed by atoms with Gasteiger partial charge < -0.3 is 10.5 Å². The molecule has 0 bridgehead atoms. The fourth-order valence-corrected chi connectivity index (χ4v) is 3.43. The van der Waals surface area contributed by atoms with Crippen LogP contribution in [0.2, 0.25) is 0 Å². The van der Waals surface area contributed by atoms with Crippen molar-refractivity contribution in [2.75, 3.05) is 0 Å². The number of rotatable bonds is 4. The first-order valence-corrected chi connectivity index (χ1v) is 7.16. The summed E-state index contributed by atoms with van der Waals surface area (Å²) in [5.41, 5.74) is 7.67. The molecule has 0 spiro atoms. The van der Waals surface area contributed by atoms with E-state index in [0.717, 1.165) is 17.6 Å². The van der Waals surface area contributed by atoms with Gasteiger partial charge in [-0.2, -0.15) is 0 Å². The molecular formula is C16H23NO.